The van der Waals surface area contributed by atoms with Gasteiger partial charge in [0.1, 0.15) is 24.1 Å². The molecule has 3 aromatic rings. The van der Waals surface area contributed by atoms with E-state index >= 15 is 0 Å². The van der Waals surface area contributed by atoms with Crippen molar-refractivity contribution in [2.75, 3.05) is 49.3 Å². The third-order valence-corrected chi connectivity index (χ3v) is 6.65. The number of amides is 2. The number of para-hydroxylation sites is 1. The molecule has 44 heavy (non-hydrogen) atoms. The average molecular weight is 626 g/mol. The van der Waals surface area contributed by atoms with Gasteiger partial charge in [-0.15, -0.1) is 0 Å². The standard InChI is InChI=1S/C33H40ClN3O7/c1-32(2,3)44-31(39)37(27-11-13-35-14-12-27)16-18-41-28-20-24(19-25(34)21-28)30(38)36(26-9-7-6-8-10-26)15-17-40-22-29-23-42-33(4,5)43-29/h6-14,19-21,29H,15-18,22-23H2,1-5H3. The van der Waals surface area contributed by atoms with Crippen molar-refractivity contribution in [1.82, 2.24) is 4.98 Å². The second-order valence-electron chi connectivity index (χ2n) is 11.7. The predicted octanol–water partition coefficient (Wildman–Crippen LogP) is 6.37. The highest BCUT2D eigenvalue weighted by Gasteiger charge is 2.32. The van der Waals surface area contributed by atoms with E-state index in [1.807, 2.05) is 44.2 Å². The maximum Gasteiger partial charge on any atom is 0.414 e. The molecule has 1 aliphatic heterocycles. The summed E-state index contributed by atoms with van der Waals surface area (Å²) in [6.45, 7) is 10.9. The second-order valence-corrected chi connectivity index (χ2v) is 12.1. The van der Waals surface area contributed by atoms with E-state index in [1.165, 1.54) is 4.90 Å². The minimum absolute atomic E-state index is 0.121. The van der Waals surface area contributed by atoms with Gasteiger partial charge in [0.05, 0.1) is 32.1 Å². The minimum atomic E-state index is -0.670. The maximum absolute atomic E-state index is 13.8. The van der Waals surface area contributed by atoms with Crippen molar-refractivity contribution in [1.29, 1.82) is 0 Å². The molecule has 1 saturated heterocycles. The maximum atomic E-state index is 13.8. The Hall–Kier alpha value is -3.70. The Bertz CT molecular complexity index is 1380. The van der Waals surface area contributed by atoms with Gasteiger partial charge >= 0.3 is 6.09 Å². The van der Waals surface area contributed by atoms with E-state index in [4.69, 9.17) is 35.3 Å². The van der Waals surface area contributed by atoms with Crippen LogP contribution in [0.2, 0.25) is 5.02 Å². The monoisotopic (exact) mass is 625 g/mol. The fraction of sp³-hybridized carbons (Fsp3) is 0.424. The molecule has 1 aromatic heterocycles. The highest BCUT2D eigenvalue weighted by atomic mass is 35.5. The molecule has 2 amide bonds. The number of halogens is 1. The van der Waals surface area contributed by atoms with Crippen LogP contribution in [0.1, 0.15) is 45.0 Å². The molecule has 0 saturated carbocycles. The first kappa shape index (κ1) is 33.2. The Morgan fingerprint density at radius 3 is 2.32 bits per heavy atom. The van der Waals surface area contributed by atoms with Crippen LogP contribution in [0.15, 0.2) is 73.1 Å². The van der Waals surface area contributed by atoms with E-state index in [0.717, 1.165) is 5.69 Å². The van der Waals surface area contributed by atoms with Crippen LogP contribution in [0.25, 0.3) is 0 Å². The number of aromatic nitrogens is 1. The smallest absolute Gasteiger partial charge is 0.414 e. The zero-order chi connectivity index (χ0) is 31.7. The topological polar surface area (TPSA) is 99.7 Å². The van der Waals surface area contributed by atoms with Crippen LogP contribution in [-0.4, -0.2) is 74.0 Å². The fourth-order valence-corrected chi connectivity index (χ4v) is 4.74. The minimum Gasteiger partial charge on any atom is -0.492 e. The molecule has 0 aliphatic carbocycles. The number of nitrogens with zero attached hydrogens (tertiary/aromatic N) is 3. The zero-order valence-electron chi connectivity index (χ0n) is 25.8. The van der Waals surface area contributed by atoms with Crippen molar-refractivity contribution in [3.8, 4) is 5.75 Å². The van der Waals surface area contributed by atoms with Gasteiger partial charge in [-0.1, -0.05) is 29.8 Å². The van der Waals surface area contributed by atoms with Gasteiger partial charge in [0.15, 0.2) is 5.79 Å². The van der Waals surface area contributed by atoms with Gasteiger partial charge in [0, 0.05) is 35.2 Å². The van der Waals surface area contributed by atoms with Crippen molar-refractivity contribution in [2.45, 2.75) is 52.1 Å². The molecule has 2 heterocycles. The molecule has 10 nitrogen and oxygen atoms in total. The van der Waals surface area contributed by atoms with Crippen LogP contribution in [0.4, 0.5) is 16.2 Å². The van der Waals surface area contributed by atoms with Gasteiger partial charge < -0.3 is 28.6 Å². The third-order valence-electron chi connectivity index (χ3n) is 6.43. The number of carbonyl (C=O) groups excluding carboxylic acids is 2. The van der Waals surface area contributed by atoms with Crippen LogP contribution < -0.4 is 14.5 Å². The Labute approximate surface area is 263 Å². The molecule has 0 bridgehead atoms. The lowest BCUT2D eigenvalue weighted by Gasteiger charge is -2.27. The number of carbonyl (C=O) groups is 2. The van der Waals surface area contributed by atoms with Crippen LogP contribution >= 0.6 is 11.6 Å². The summed E-state index contributed by atoms with van der Waals surface area (Å²) < 4.78 is 28.8. The van der Waals surface area contributed by atoms with Gasteiger partial charge in [-0.2, -0.15) is 0 Å². The highest BCUT2D eigenvalue weighted by molar-refractivity contribution is 6.31. The largest absolute Gasteiger partial charge is 0.492 e. The van der Waals surface area contributed by atoms with Crippen molar-refractivity contribution in [3.05, 3.63) is 83.6 Å². The van der Waals surface area contributed by atoms with Gasteiger partial charge in [0.25, 0.3) is 5.91 Å². The molecular weight excluding hydrogens is 586 g/mol. The van der Waals surface area contributed by atoms with E-state index < -0.39 is 17.5 Å². The lowest BCUT2D eigenvalue weighted by Crippen LogP contribution is -2.39. The lowest BCUT2D eigenvalue weighted by molar-refractivity contribution is -0.144. The molecule has 1 aliphatic rings. The molecule has 236 valence electrons. The Morgan fingerprint density at radius 1 is 0.977 bits per heavy atom. The number of anilines is 2. The summed E-state index contributed by atoms with van der Waals surface area (Å²) in [6, 6.07) is 17.7. The first-order valence-corrected chi connectivity index (χ1v) is 14.9. The predicted molar refractivity (Wildman–Crippen MR) is 169 cm³/mol. The molecule has 0 radical (unpaired) electrons. The normalized spacial score (nSPS) is 15.9. The average Bonchev–Trinajstić information content (AvgIpc) is 3.32. The Morgan fingerprint density at radius 2 is 1.66 bits per heavy atom. The van der Waals surface area contributed by atoms with Crippen LogP contribution in [0, 0.1) is 0 Å². The van der Waals surface area contributed by atoms with Gasteiger partial charge in [-0.3, -0.25) is 14.7 Å². The molecule has 1 fully saturated rings. The molecule has 11 heteroatoms. The first-order chi connectivity index (χ1) is 20.9. The SMILES string of the molecule is CC(C)(C)OC(=O)N(CCOc1cc(Cl)cc(C(=O)N(CCOCC2COC(C)(C)O2)c2ccccc2)c1)c1ccncc1. The summed E-state index contributed by atoms with van der Waals surface area (Å²) in [5.41, 5.74) is 1.02. The second kappa shape index (κ2) is 14.9. The van der Waals surface area contributed by atoms with Crippen molar-refractivity contribution in [2.24, 2.45) is 0 Å². The third kappa shape index (κ3) is 9.92. The summed E-state index contributed by atoms with van der Waals surface area (Å²) in [5.74, 6) is -0.495. The molecular formula is C33H40ClN3O7. The molecule has 0 spiro atoms. The van der Waals surface area contributed by atoms with E-state index in [0.29, 0.717) is 48.4 Å². The fourth-order valence-electron chi connectivity index (χ4n) is 4.52. The zero-order valence-corrected chi connectivity index (χ0v) is 26.6. The van der Waals surface area contributed by atoms with E-state index in [9.17, 15) is 9.59 Å². The number of pyridine rings is 1. The number of rotatable bonds is 12. The van der Waals surface area contributed by atoms with Crippen molar-refractivity contribution >= 4 is 35.0 Å². The summed E-state index contributed by atoms with van der Waals surface area (Å²) in [6.07, 6.45) is 2.53. The Kier molecular flexibility index (Phi) is 11.2. The molecule has 4 rings (SSSR count). The lowest BCUT2D eigenvalue weighted by atomic mass is 10.1. The highest BCUT2D eigenvalue weighted by Crippen LogP contribution is 2.26. The summed E-state index contributed by atoms with van der Waals surface area (Å²) >= 11 is 6.44. The summed E-state index contributed by atoms with van der Waals surface area (Å²) in [4.78, 5) is 33.9. The molecule has 2 aromatic carbocycles. The van der Waals surface area contributed by atoms with Gasteiger partial charge in [0.2, 0.25) is 0 Å². The molecule has 1 unspecified atom stereocenters. The summed E-state index contributed by atoms with van der Waals surface area (Å²) in [7, 11) is 0. The number of benzene rings is 2. The van der Waals surface area contributed by atoms with Crippen LogP contribution in [-0.2, 0) is 18.9 Å². The van der Waals surface area contributed by atoms with Crippen LogP contribution in [0.5, 0.6) is 5.75 Å². The molecule has 0 N–H and O–H groups in total. The summed E-state index contributed by atoms with van der Waals surface area (Å²) in [5, 5.41) is 0.342. The number of ether oxygens (including phenoxy) is 5. The first-order valence-electron chi connectivity index (χ1n) is 14.5. The number of hydrogen-bond donors (Lipinski definition) is 0. The van der Waals surface area contributed by atoms with Crippen molar-refractivity contribution in [3.63, 3.8) is 0 Å². The quantitative estimate of drug-likeness (QED) is 0.214. The van der Waals surface area contributed by atoms with Gasteiger partial charge in [-0.05, 0) is 77.1 Å². The Balaban J connectivity index is 1.42. The van der Waals surface area contributed by atoms with Gasteiger partial charge in [-0.25, -0.2) is 4.79 Å². The van der Waals surface area contributed by atoms with E-state index in [2.05, 4.69) is 4.98 Å². The van der Waals surface area contributed by atoms with E-state index in [-0.39, 0.29) is 25.2 Å². The number of hydrogen-bond acceptors (Lipinski definition) is 8. The van der Waals surface area contributed by atoms with Crippen LogP contribution in [0.3, 0.4) is 0 Å². The molecule has 1 atom stereocenters. The van der Waals surface area contributed by atoms with E-state index in [1.54, 1.807) is 68.4 Å². The van der Waals surface area contributed by atoms with Crippen molar-refractivity contribution < 1.29 is 33.3 Å².